The van der Waals surface area contributed by atoms with Gasteiger partial charge < -0.3 is 10.6 Å². The Morgan fingerprint density at radius 1 is 0.927 bits per heavy atom. The quantitative estimate of drug-likeness (QED) is 0.243. The van der Waals surface area contributed by atoms with Crippen molar-refractivity contribution in [3.8, 4) is 5.69 Å². The van der Waals surface area contributed by atoms with Crippen LogP contribution in [0.1, 0.15) is 53.1 Å². The predicted molar refractivity (Wildman–Crippen MR) is 143 cm³/mol. The second-order valence-corrected chi connectivity index (χ2v) is 9.27. The fraction of sp³-hybridized carbons (Fsp3) is 0.107. The Labute approximate surface area is 236 Å². The number of carbonyl (C=O) groups is 5. The highest BCUT2D eigenvalue weighted by Crippen LogP contribution is 2.25. The van der Waals surface area contributed by atoms with Crippen molar-refractivity contribution in [1.29, 1.82) is 0 Å². The topological polar surface area (TPSA) is 143 Å². The smallest absolute Gasteiger partial charge is 0.290 e. The normalized spacial score (nSPS) is 12.3. The molecule has 0 radical (unpaired) electrons. The van der Waals surface area contributed by atoms with Crippen LogP contribution in [0.4, 0.5) is 4.39 Å². The molecule has 1 aliphatic heterocycles. The molecule has 4 amide bonds. The molecule has 0 saturated heterocycles. The third-order valence-electron chi connectivity index (χ3n) is 6.28. The van der Waals surface area contributed by atoms with E-state index in [2.05, 4.69) is 20.7 Å². The van der Waals surface area contributed by atoms with Crippen molar-refractivity contribution in [2.24, 2.45) is 0 Å². The first-order valence-electron chi connectivity index (χ1n) is 12.2. The highest BCUT2D eigenvalue weighted by Gasteiger charge is 2.36. The maximum Gasteiger partial charge on any atom is 0.290 e. The molecule has 1 aromatic heterocycles. The summed E-state index contributed by atoms with van der Waals surface area (Å²) in [6.07, 6.45) is 0. The van der Waals surface area contributed by atoms with E-state index < -0.39 is 41.8 Å². The van der Waals surface area contributed by atoms with Gasteiger partial charge in [0.2, 0.25) is 11.7 Å². The second-order valence-electron chi connectivity index (χ2n) is 8.83. The molecule has 5 rings (SSSR count). The van der Waals surface area contributed by atoms with Crippen molar-refractivity contribution in [2.45, 2.75) is 6.54 Å². The van der Waals surface area contributed by atoms with E-state index in [-0.39, 0.29) is 51.2 Å². The van der Waals surface area contributed by atoms with Crippen molar-refractivity contribution in [2.75, 3.05) is 13.6 Å². The maximum atomic E-state index is 14.5. The van der Waals surface area contributed by atoms with Crippen LogP contribution in [0.2, 0.25) is 5.02 Å². The van der Waals surface area contributed by atoms with Crippen LogP contribution in [-0.2, 0) is 11.3 Å². The molecule has 11 nitrogen and oxygen atoms in total. The lowest BCUT2D eigenvalue weighted by Gasteiger charge is -2.14. The summed E-state index contributed by atoms with van der Waals surface area (Å²) >= 11 is 6.16. The number of amides is 4. The molecular formula is C28H20ClFN6O5. The number of imide groups is 1. The molecule has 2 N–H and O–H groups in total. The summed E-state index contributed by atoms with van der Waals surface area (Å²) in [6.45, 7) is -0.858. The lowest BCUT2D eigenvalue weighted by atomic mass is 10.0. The molecule has 1 aliphatic rings. The predicted octanol–water partition coefficient (Wildman–Crippen LogP) is 2.56. The van der Waals surface area contributed by atoms with Gasteiger partial charge in [0.15, 0.2) is 11.6 Å². The fourth-order valence-corrected chi connectivity index (χ4v) is 4.46. The minimum atomic E-state index is -0.742. The van der Waals surface area contributed by atoms with E-state index in [1.54, 1.807) is 12.1 Å². The Bertz CT molecular complexity index is 1720. The van der Waals surface area contributed by atoms with Gasteiger partial charge in [-0.05, 0) is 42.5 Å². The van der Waals surface area contributed by atoms with Crippen LogP contribution in [-0.4, -0.2) is 62.7 Å². The molecule has 0 unspecified atom stereocenters. The first kappa shape index (κ1) is 27.3. The monoisotopic (exact) mass is 574 g/mol. The number of rotatable bonds is 8. The number of carbonyl (C=O) groups excluding carboxylic acids is 5. The Kier molecular flexibility index (Phi) is 7.40. The zero-order valence-electron chi connectivity index (χ0n) is 21.4. The summed E-state index contributed by atoms with van der Waals surface area (Å²) in [5.41, 5.74) is 0.285. The summed E-state index contributed by atoms with van der Waals surface area (Å²) in [4.78, 5) is 68.8. The highest BCUT2D eigenvalue weighted by atomic mass is 35.5. The number of hydrogen-bond acceptors (Lipinski definition) is 7. The molecular weight excluding hydrogens is 555 g/mol. The summed E-state index contributed by atoms with van der Waals surface area (Å²) in [6, 6.07) is 15.9. The first-order chi connectivity index (χ1) is 19.7. The van der Waals surface area contributed by atoms with Crippen LogP contribution in [0.5, 0.6) is 0 Å². The number of hydrogen-bond donors (Lipinski definition) is 2. The van der Waals surface area contributed by atoms with E-state index in [4.69, 9.17) is 11.6 Å². The molecule has 2 heterocycles. The lowest BCUT2D eigenvalue weighted by Crippen LogP contribution is -2.40. The number of nitrogens with one attached hydrogen (secondary N) is 2. The van der Waals surface area contributed by atoms with Gasteiger partial charge in [0.25, 0.3) is 17.7 Å². The van der Waals surface area contributed by atoms with Gasteiger partial charge in [-0.25, -0.2) is 14.1 Å². The Hall–Kier alpha value is -5.23. The van der Waals surface area contributed by atoms with Crippen molar-refractivity contribution >= 4 is 41.0 Å². The number of nitrogens with zero attached hydrogens (tertiary/aromatic N) is 4. The number of halogens is 2. The standard InChI is InChI=1S/C28H20ClFN6O5/c1-31-26(39)25-33-22(13-32-23(37)14-35-27(40)16-6-2-3-7-17(16)28(35)41)36(34-25)21-11-10-15(29)12-19(21)24(38)18-8-4-5-9-20(18)30/h2-12H,13-14H2,1H3,(H,31,39)(H,32,37). The zero-order chi connectivity index (χ0) is 29.3. The van der Waals surface area contributed by atoms with Gasteiger partial charge >= 0.3 is 0 Å². The molecule has 0 fully saturated rings. The fourth-order valence-electron chi connectivity index (χ4n) is 4.28. The molecule has 206 valence electrons. The van der Waals surface area contributed by atoms with Gasteiger partial charge in [-0.2, -0.15) is 0 Å². The molecule has 4 aromatic rings. The Morgan fingerprint density at radius 2 is 1.59 bits per heavy atom. The molecule has 0 atom stereocenters. The van der Waals surface area contributed by atoms with Gasteiger partial charge in [0, 0.05) is 17.6 Å². The van der Waals surface area contributed by atoms with Crippen molar-refractivity contribution < 1.29 is 28.4 Å². The highest BCUT2D eigenvalue weighted by molar-refractivity contribution is 6.31. The lowest BCUT2D eigenvalue weighted by molar-refractivity contribution is -0.121. The van der Waals surface area contributed by atoms with Gasteiger partial charge in [-0.15, -0.1) is 5.10 Å². The third kappa shape index (κ3) is 5.20. The summed E-state index contributed by atoms with van der Waals surface area (Å²) in [7, 11) is 1.38. The van der Waals surface area contributed by atoms with Crippen LogP contribution in [0, 0.1) is 5.82 Å². The zero-order valence-corrected chi connectivity index (χ0v) is 22.1. The van der Waals surface area contributed by atoms with Crippen molar-refractivity contribution in [1.82, 2.24) is 30.3 Å². The van der Waals surface area contributed by atoms with E-state index in [9.17, 15) is 28.4 Å². The van der Waals surface area contributed by atoms with Gasteiger partial charge in [0.05, 0.1) is 28.9 Å². The Morgan fingerprint density at radius 3 is 2.24 bits per heavy atom. The number of benzene rings is 3. The molecule has 0 saturated carbocycles. The molecule has 0 spiro atoms. The van der Waals surface area contributed by atoms with Crippen LogP contribution in [0.25, 0.3) is 5.69 Å². The summed E-state index contributed by atoms with van der Waals surface area (Å²) in [5.74, 6) is -4.19. The van der Waals surface area contributed by atoms with Crippen LogP contribution < -0.4 is 10.6 Å². The third-order valence-corrected chi connectivity index (χ3v) is 6.51. The molecule has 13 heteroatoms. The number of ketones is 1. The number of fused-ring (bicyclic) bond motifs is 1. The van der Waals surface area contributed by atoms with E-state index in [0.29, 0.717) is 0 Å². The number of aromatic nitrogens is 3. The van der Waals surface area contributed by atoms with E-state index in [1.807, 2.05) is 0 Å². The second kappa shape index (κ2) is 11.1. The molecule has 0 bridgehead atoms. The van der Waals surface area contributed by atoms with Crippen molar-refractivity contribution in [3.05, 3.63) is 111 Å². The van der Waals surface area contributed by atoms with Crippen LogP contribution >= 0.6 is 11.6 Å². The summed E-state index contributed by atoms with van der Waals surface area (Å²) < 4.78 is 15.6. The Balaban J connectivity index is 1.44. The minimum absolute atomic E-state index is 0.0317. The SMILES string of the molecule is CNC(=O)c1nc(CNC(=O)CN2C(=O)c3ccccc3C2=O)n(-c2ccc(Cl)cc2C(=O)c2ccccc2F)n1. The largest absolute Gasteiger partial charge is 0.352 e. The molecule has 41 heavy (non-hydrogen) atoms. The van der Waals surface area contributed by atoms with Gasteiger partial charge in [0.1, 0.15) is 12.4 Å². The van der Waals surface area contributed by atoms with Crippen molar-refractivity contribution in [3.63, 3.8) is 0 Å². The summed E-state index contributed by atoms with van der Waals surface area (Å²) in [5, 5.41) is 9.36. The average molecular weight is 575 g/mol. The van der Waals surface area contributed by atoms with Gasteiger partial charge in [-0.1, -0.05) is 35.9 Å². The van der Waals surface area contributed by atoms with E-state index >= 15 is 0 Å². The maximum absolute atomic E-state index is 14.5. The first-order valence-corrected chi connectivity index (χ1v) is 12.6. The van der Waals surface area contributed by atoms with E-state index in [0.717, 1.165) is 15.6 Å². The molecule has 0 aliphatic carbocycles. The van der Waals surface area contributed by atoms with E-state index in [1.165, 1.54) is 55.6 Å². The van der Waals surface area contributed by atoms with Crippen LogP contribution in [0.3, 0.4) is 0 Å². The van der Waals surface area contributed by atoms with Crippen LogP contribution in [0.15, 0.2) is 66.7 Å². The van der Waals surface area contributed by atoms with Gasteiger partial charge in [-0.3, -0.25) is 28.9 Å². The minimum Gasteiger partial charge on any atom is -0.352 e. The molecule has 3 aromatic carbocycles. The average Bonchev–Trinajstić information content (AvgIpc) is 3.51.